The molecule has 0 atom stereocenters. The summed E-state index contributed by atoms with van der Waals surface area (Å²) in [7, 11) is 0. The van der Waals surface area contributed by atoms with Gasteiger partial charge in [0.1, 0.15) is 5.03 Å². The Kier molecular flexibility index (Phi) is 3.77. The molecular weight excluding hydrogens is 236 g/mol. The summed E-state index contributed by atoms with van der Waals surface area (Å²) in [5.74, 6) is -0.128. The molecule has 2 aromatic heterocycles. The summed E-state index contributed by atoms with van der Waals surface area (Å²) in [5.41, 5.74) is 1.47. The Bertz CT molecular complexity index is 498. The average Bonchev–Trinajstić information content (AvgIpc) is 2.89. The second-order valence-corrected chi connectivity index (χ2v) is 4.12. The molecule has 0 unspecified atom stereocenters. The molecule has 0 bridgehead atoms. The lowest BCUT2D eigenvalue weighted by molar-refractivity contribution is 0.0947. The molecule has 2 heterocycles. The highest BCUT2D eigenvalue weighted by Crippen LogP contribution is 2.16. The number of nitrogens with zero attached hydrogens (tertiary/aromatic N) is 2. The Balaban J connectivity index is 2.04. The molecule has 6 heteroatoms. The van der Waals surface area contributed by atoms with Gasteiger partial charge in [0, 0.05) is 12.4 Å². The van der Waals surface area contributed by atoms with E-state index in [1.165, 1.54) is 11.8 Å². The van der Waals surface area contributed by atoms with Crippen molar-refractivity contribution in [3.8, 4) is 0 Å². The van der Waals surface area contributed by atoms with Crippen molar-refractivity contribution in [1.82, 2.24) is 20.5 Å². The molecule has 1 amide bonds. The molecule has 0 aromatic carbocycles. The number of H-pyrrole nitrogens is 1. The van der Waals surface area contributed by atoms with E-state index in [1.807, 2.05) is 12.3 Å². The normalized spacial score (nSPS) is 10.2. The van der Waals surface area contributed by atoms with Crippen LogP contribution >= 0.6 is 11.8 Å². The Morgan fingerprint density at radius 3 is 3.06 bits per heavy atom. The summed E-state index contributed by atoms with van der Waals surface area (Å²) in [4.78, 5) is 16.1. The second-order valence-electron chi connectivity index (χ2n) is 3.32. The van der Waals surface area contributed by atoms with Gasteiger partial charge in [0.2, 0.25) is 0 Å². The maximum atomic E-state index is 11.9. The molecule has 0 radical (unpaired) electrons. The van der Waals surface area contributed by atoms with Crippen molar-refractivity contribution in [2.45, 2.75) is 11.6 Å². The minimum absolute atomic E-state index is 0.128. The van der Waals surface area contributed by atoms with E-state index < -0.39 is 0 Å². The van der Waals surface area contributed by atoms with Gasteiger partial charge in [-0.15, -0.1) is 11.8 Å². The maximum absolute atomic E-state index is 11.9. The first-order valence-corrected chi connectivity index (χ1v) is 6.29. The highest BCUT2D eigenvalue weighted by molar-refractivity contribution is 7.98. The van der Waals surface area contributed by atoms with Crippen molar-refractivity contribution in [2.75, 3.05) is 6.26 Å². The lowest BCUT2D eigenvalue weighted by atomic mass is 10.2. The zero-order valence-corrected chi connectivity index (χ0v) is 10.1. The smallest absolute Gasteiger partial charge is 0.254 e. The van der Waals surface area contributed by atoms with Crippen LogP contribution in [-0.2, 0) is 6.54 Å². The number of rotatable bonds is 4. The number of aromatic nitrogens is 3. The Hall–Kier alpha value is -1.82. The SMILES string of the molecule is CSc1ncccc1C(=O)NCc1ccn[nH]1. The van der Waals surface area contributed by atoms with E-state index in [0.717, 1.165) is 10.7 Å². The number of hydrogen-bond acceptors (Lipinski definition) is 4. The topological polar surface area (TPSA) is 70.7 Å². The number of pyridine rings is 1. The van der Waals surface area contributed by atoms with Crippen LogP contribution in [0.4, 0.5) is 0 Å². The molecule has 0 saturated heterocycles. The molecule has 0 aliphatic rings. The third kappa shape index (κ3) is 2.85. The van der Waals surface area contributed by atoms with Gasteiger partial charge in [-0.05, 0) is 24.5 Å². The number of carbonyl (C=O) groups excluding carboxylic acids is 1. The quantitative estimate of drug-likeness (QED) is 0.804. The van der Waals surface area contributed by atoms with E-state index in [-0.39, 0.29) is 5.91 Å². The monoisotopic (exact) mass is 248 g/mol. The van der Waals surface area contributed by atoms with Gasteiger partial charge in [-0.1, -0.05) is 0 Å². The summed E-state index contributed by atoms with van der Waals surface area (Å²) < 4.78 is 0. The predicted molar refractivity (Wildman–Crippen MR) is 65.8 cm³/mol. The summed E-state index contributed by atoms with van der Waals surface area (Å²) in [5, 5.41) is 10.1. The van der Waals surface area contributed by atoms with E-state index in [0.29, 0.717) is 12.1 Å². The van der Waals surface area contributed by atoms with Crippen molar-refractivity contribution >= 4 is 17.7 Å². The first-order chi connectivity index (χ1) is 8.31. The van der Waals surface area contributed by atoms with Crippen molar-refractivity contribution in [2.24, 2.45) is 0 Å². The molecule has 0 fully saturated rings. The highest BCUT2D eigenvalue weighted by atomic mass is 32.2. The number of hydrogen-bond donors (Lipinski definition) is 2. The summed E-state index contributed by atoms with van der Waals surface area (Å²) in [6, 6.07) is 5.34. The zero-order chi connectivity index (χ0) is 12.1. The third-order valence-corrected chi connectivity index (χ3v) is 2.92. The second kappa shape index (κ2) is 5.49. The van der Waals surface area contributed by atoms with E-state index >= 15 is 0 Å². The number of thioether (sulfide) groups is 1. The molecule has 0 saturated carbocycles. The molecule has 17 heavy (non-hydrogen) atoms. The average molecular weight is 248 g/mol. The Labute approximate surface area is 103 Å². The molecule has 0 spiro atoms. The van der Waals surface area contributed by atoms with Gasteiger partial charge < -0.3 is 5.32 Å². The molecule has 88 valence electrons. The van der Waals surface area contributed by atoms with Gasteiger partial charge in [-0.2, -0.15) is 5.10 Å². The highest BCUT2D eigenvalue weighted by Gasteiger charge is 2.10. The van der Waals surface area contributed by atoms with E-state index in [2.05, 4.69) is 20.5 Å². The Morgan fingerprint density at radius 2 is 2.35 bits per heavy atom. The first-order valence-electron chi connectivity index (χ1n) is 5.06. The van der Waals surface area contributed by atoms with Crippen LogP contribution in [0.1, 0.15) is 16.1 Å². The molecule has 5 nitrogen and oxygen atoms in total. The van der Waals surface area contributed by atoms with Gasteiger partial charge in [-0.25, -0.2) is 4.98 Å². The Morgan fingerprint density at radius 1 is 1.47 bits per heavy atom. The summed E-state index contributed by atoms with van der Waals surface area (Å²) >= 11 is 1.45. The molecule has 0 aliphatic carbocycles. The largest absolute Gasteiger partial charge is 0.346 e. The van der Waals surface area contributed by atoms with E-state index in [9.17, 15) is 4.79 Å². The van der Waals surface area contributed by atoms with Crippen LogP contribution < -0.4 is 5.32 Å². The molecule has 2 rings (SSSR count). The zero-order valence-electron chi connectivity index (χ0n) is 9.30. The number of amides is 1. The fourth-order valence-electron chi connectivity index (χ4n) is 1.38. The molecule has 2 N–H and O–H groups in total. The van der Waals surface area contributed by atoms with Gasteiger partial charge in [0.25, 0.3) is 5.91 Å². The van der Waals surface area contributed by atoms with Crippen LogP contribution in [0, 0.1) is 0 Å². The fraction of sp³-hybridized carbons (Fsp3) is 0.182. The van der Waals surface area contributed by atoms with Crippen LogP contribution in [0.15, 0.2) is 35.6 Å². The minimum atomic E-state index is -0.128. The molecule has 2 aromatic rings. The van der Waals surface area contributed by atoms with Crippen molar-refractivity contribution in [3.63, 3.8) is 0 Å². The van der Waals surface area contributed by atoms with Crippen LogP contribution in [0.25, 0.3) is 0 Å². The summed E-state index contributed by atoms with van der Waals surface area (Å²) in [6.45, 7) is 0.432. The van der Waals surface area contributed by atoms with Crippen molar-refractivity contribution in [3.05, 3.63) is 41.9 Å². The van der Waals surface area contributed by atoms with Crippen LogP contribution in [0.2, 0.25) is 0 Å². The summed E-state index contributed by atoms with van der Waals surface area (Å²) in [6.07, 6.45) is 5.23. The van der Waals surface area contributed by atoms with E-state index in [1.54, 1.807) is 24.5 Å². The van der Waals surface area contributed by atoms with Crippen LogP contribution in [0.3, 0.4) is 0 Å². The number of carbonyl (C=O) groups is 1. The number of aromatic amines is 1. The van der Waals surface area contributed by atoms with Crippen molar-refractivity contribution in [1.29, 1.82) is 0 Å². The van der Waals surface area contributed by atoms with Crippen LogP contribution in [0.5, 0.6) is 0 Å². The van der Waals surface area contributed by atoms with E-state index in [4.69, 9.17) is 0 Å². The molecular formula is C11H12N4OS. The fourth-order valence-corrected chi connectivity index (χ4v) is 1.93. The molecule has 0 aliphatic heterocycles. The third-order valence-electron chi connectivity index (χ3n) is 2.21. The predicted octanol–water partition coefficient (Wildman–Crippen LogP) is 1.46. The van der Waals surface area contributed by atoms with Gasteiger partial charge in [0.05, 0.1) is 17.8 Å². The van der Waals surface area contributed by atoms with Crippen LogP contribution in [-0.4, -0.2) is 27.3 Å². The van der Waals surface area contributed by atoms with Gasteiger partial charge in [-0.3, -0.25) is 9.89 Å². The number of nitrogens with one attached hydrogen (secondary N) is 2. The minimum Gasteiger partial charge on any atom is -0.346 e. The van der Waals surface area contributed by atoms with Gasteiger partial charge in [0.15, 0.2) is 0 Å². The maximum Gasteiger partial charge on any atom is 0.254 e. The van der Waals surface area contributed by atoms with Gasteiger partial charge >= 0.3 is 0 Å². The lowest BCUT2D eigenvalue weighted by Crippen LogP contribution is -2.23. The lowest BCUT2D eigenvalue weighted by Gasteiger charge is -2.06. The standard InChI is InChI=1S/C11H12N4OS/c1-17-11-9(3-2-5-12-11)10(16)13-7-8-4-6-14-15-8/h2-6H,7H2,1H3,(H,13,16)(H,14,15). The van der Waals surface area contributed by atoms with Crippen molar-refractivity contribution < 1.29 is 4.79 Å². The first kappa shape index (κ1) is 11.7.